The molecule has 1 rings (SSSR count). The Hall–Kier alpha value is -0.570. The second-order valence-electron chi connectivity index (χ2n) is 3.27. The van der Waals surface area contributed by atoms with Gasteiger partial charge >= 0.3 is 0 Å². The molecule has 4 N–H and O–H groups in total. The normalized spacial score (nSPS) is 10.1. The molecule has 0 heterocycles. The summed E-state index contributed by atoms with van der Waals surface area (Å²) in [6, 6.07) is 6.34. The molecule has 1 aromatic rings. The summed E-state index contributed by atoms with van der Waals surface area (Å²) in [5, 5.41) is 0. The largest absolute Gasteiger partial charge is 0.312 e. The van der Waals surface area contributed by atoms with Gasteiger partial charge < -0.3 is 11.5 Å². The van der Waals surface area contributed by atoms with Crippen LogP contribution in [0, 0.1) is 0 Å². The molecule has 0 radical (unpaired) electrons. The molecule has 0 atom stereocenters. The van der Waals surface area contributed by atoms with E-state index in [1.807, 2.05) is 6.07 Å². The monoisotopic (exact) mass is 214 g/mol. The number of halogens is 1. The lowest BCUT2D eigenvalue weighted by molar-refractivity contribution is 0.759. The minimum Gasteiger partial charge on any atom is -0.312 e. The van der Waals surface area contributed by atoms with Crippen molar-refractivity contribution in [3.8, 4) is 0 Å². The van der Waals surface area contributed by atoms with E-state index in [1.54, 1.807) is 0 Å². The third-order valence-corrected chi connectivity index (χ3v) is 2.36. The van der Waals surface area contributed by atoms with Crippen molar-refractivity contribution in [1.82, 2.24) is 0 Å². The Morgan fingerprint density at radius 1 is 1.14 bits per heavy atom. The van der Waals surface area contributed by atoms with Crippen LogP contribution in [0.15, 0.2) is 18.2 Å². The Bertz CT molecular complexity index is 285. The Labute approximate surface area is 92.1 Å². The first kappa shape index (κ1) is 13.4. The van der Waals surface area contributed by atoms with Gasteiger partial charge in [0.2, 0.25) is 0 Å². The highest BCUT2D eigenvalue weighted by Crippen LogP contribution is 2.16. The van der Waals surface area contributed by atoms with Crippen molar-refractivity contribution in [2.24, 2.45) is 11.5 Å². The van der Waals surface area contributed by atoms with Crippen molar-refractivity contribution >= 4 is 12.4 Å². The Balaban J connectivity index is 0.00000169. The van der Waals surface area contributed by atoms with Gasteiger partial charge in [-0.3, -0.25) is 0 Å². The summed E-state index contributed by atoms with van der Waals surface area (Å²) in [5.74, 6) is 0. The number of rotatable bonds is 3. The lowest BCUT2D eigenvalue weighted by Gasteiger charge is -2.12. The van der Waals surface area contributed by atoms with Gasteiger partial charge in [-0.25, -0.2) is 0 Å². The lowest BCUT2D eigenvalue weighted by atomic mass is 9.99. The molecule has 1 aromatic carbocycles. The molecular formula is C11H19ClN2. The second-order valence-corrected chi connectivity index (χ2v) is 3.27. The fourth-order valence-corrected chi connectivity index (χ4v) is 1.51. The van der Waals surface area contributed by atoms with E-state index in [0.717, 1.165) is 18.4 Å². The van der Waals surface area contributed by atoms with Crippen LogP contribution in [-0.2, 0) is 12.8 Å². The van der Waals surface area contributed by atoms with Gasteiger partial charge in [-0.05, 0) is 29.5 Å². The molecule has 0 aliphatic rings. The van der Waals surface area contributed by atoms with Gasteiger partial charge in [-0.15, -0.1) is 12.4 Å². The summed E-state index contributed by atoms with van der Waals surface area (Å²) >= 11 is 0. The first-order chi connectivity index (χ1) is 6.19. The predicted octanol–water partition coefficient (Wildman–Crippen LogP) is 2.15. The van der Waals surface area contributed by atoms with Gasteiger partial charge in [-0.2, -0.15) is 0 Å². The van der Waals surface area contributed by atoms with Crippen molar-refractivity contribution in [2.75, 3.05) is 0 Å². The van der Waals surface area contributed by atoms with E-state index in [2.05, 4.69) is 26.0 Å². The SMILES string of the molecule is CCc1ccc(C(N)N)c(CC)c1.Cl. The maximum atomic E-state index is 5.66. The zero-order valence-electron chi connectivity index (χ0n) is 8.79. The van der Waals surface area contributed by atoms with Crippen molar-refractivity contribution in [3.63, 3.8) is 0 Å². The third-order valence-electron chi connectivity index (χ3n) is 2.36. The first-order valence-electron chi connectivity index (χ1n) is 4.81. The van der Waals surface area contributed by atoms with Crippen molar-refractivity contribution < 1.29 is 0 Å². The molecule has 0 saturated heterocycles. The molecule has 3 heteroatoms. The highest BCUT2D eigenvalue weighted by Gasteiger charge is 2.05. The molecule has 0 bridgehead atoms. The van der Waals surface area contributed by atoms with Crippen LogP contribution >= 0.6 is 12.4 Å². The Morgan fingerprint density at radius 2 is 1.79 bits per heavy atom. The predicted molar refractivity (Wildman–Crippen MR) is 63.6 cm³/mol. The molecule has 0 aliphatic carbocycles. The molecule has 0 aromatic heterocycles. The molecule has 14 heavy (non-hydrogen) atoms. The van der Waals surface area contributed by atoms with Crippen LogP contribution in [0.1, 0.15) is 36.7 Å². The van der Waals surface area contributed by atoms with Gasteiger partial charge in [0, 0.05) is 0 Å². The van der Waals surface area contributed by atoms with Gasteiger partial charge in [0.25, 0.3) is 0 Å². The zero-order chi connectivity index (χ0) is 9.84. The second kappa shape index (κ2) is 6.02. The smallest absolute Gasteiger partial charge is 0.0787 e. The maximum Gasteiger partial charge on any atom is 0.0787 e. The molecule has 0 spiro atoms. The van der Waals surface area contributed by atoms with Gasteiger partial charge in [0.1, 0.15) is 0 Å². The van der Waals surface area contributed by atoms with Crippen LogP contribution in [0.25, 0.3) is 0 Å². The van der Waals surface area contributed by atoms with Gasteiger partial charge in [0.15, 0.2) is 0 Å². The minimum atomic E-state index is -0.346. The van der Waals surface area contributed by atoms with E-state index in [-0.39, 0.29) is 18.6 Å². The van der Waals surface area contributed by atoms with Crippen LogP contribution in [0.4, 0.5) is 0 Å². The first-order valence-corrected chi connectivity index (χ1v) is 4.81. The maximum absolute atomic E-state index is 5.66. The van der Waals surface area contributed by atoms with Crippen molar-refractivity contribution in [2.45, 2.75) is 32.9 Å². The van der Waals surface area contributed by atoms with E-state index < -0.39 is 0 Å². The molecule has 80 valence electrons. The lowest BCUT2D eigenvalue weighted by Crippen LogP contribution is -2.21. The third kappa shape index (κ3) is 2.98. The summed E-state index contributed by atoms with van der Waals surface area (Å²) < 4.78 is 0. The topological polar surface area (TPSA) is 52.0 Å². The molecule has 0 aliphatic heterocycles. The zero-order valence-corrected chi connectivity index (χ0v) is 9.60. The van der Waals surface area contributed by atoms with Crippen LogP contribution < -0.4 is 11.5 Å². The molecule has 0 amide bonds. The van der Waals surface area contributed by atoms with Crippen LogP contribution in [0.3, 0.4) is 0 Å². The summed E-state index contributed by atoms with van der Waals surface area (Å²) in [7, 11) is 0. The molecule has 2 nitrogen and oxygen atoms in total. The van der Waals surface area contributed by atoms with E-state index >= 15 is 0 Å². The van der Waals surface area contributed by atoms with Crippen LogP contribution in [0.5, 0.6) is 0 Å². The molecular weight excluding hydrogens is 196 g/mol. The Morgan fingerprint density at radius 3 is 2.21 bits per heavy atom. The molecule has 0 saturated carbocycles. The minimum absolute atomic E-state index is 0. The summed E-state index contributed by atoms with van der Waals surface area (Å²) in [5.41, 5.74) is 15.0. The summed E-state index contributed by atoms with van der Waals surface area (Å²) in [4.78, 5) is 0. The van der Waals surface area contributed by atoms with Gasteiger partial charge in [-0.1, -0.05) is 32.0 Å². The quantitative estimate of drug-likeness (QED) is 0.758. The average Bonchev–Trinajstić information content (AvgIpc) is 2.16. The Kier molecular flexibility index (Phi) is 5.77. The van der Waals surface area contributed by atoms with E-state index in [9.17, 15) is 0 Å². The fraction of sp³-hybridized carbons (Fsp3) is 0.455. The van der Waals surface area contributed by atoms with Crippen LogP contribution in [-0.4, -0.2) is 0 Å². The number of hydrogen-bond acceptors (Lipinski definition) is 2. The average molecular weight is 215 g/mol. The highest BCUT2D eigenvalue weighted by molar-refractivity contribution is 5.85. The number of nitrogens with two attached hydrogens (primary N) is 2. The molecule has 0 unspecified atom stereocenters. The summed E-state index contributed by atoms with van der Waals surface area (Å²) in [6.45, 7) is 4.28. The highest BCUT2D eigenvalue weighted by atomic mass is 35.5. The van der Waals surface area contributed by atoms with Crippen LogP contribution in [0.2, 0.25) is 0 Å². The van der Waals surface area contributed by atoms with Gasteiger partial charge in [0.05, 0.1) is 6.17 Å². The summed E-state index contributed by atoms with van der Waals surface area (Å²) in [6.07, 6.45) is 1.71. The van der Waals surface area contributed by atoms with E-state index in [4.69, 9.17) is 11.5 Å². The number of benzene rings is 1. The molecule has 0 fully saturated rings. The number of hydrogen-bond donors (Lipinski definition) is 2. The van der Waals surface area contributed by atoms with Crippen molar-refractivity contribution in [3.05, 3.63) is 34.9 Å². The van der Waals surface area contributed by atoms with E-state index in [1.165, 1.54) is 11.1 Å². The van der Waals surface area contributed by atoms with Crippen molar-refractivity contribution in [1.29, 1.82) is 0 Å². The fourth-order valence-electron chi connectivity index (χ4n) is 1.51. The standard InChI is InChI=1S/C11H18N2.ClH/c1-3-8-5-6-10(11(12)13)9(4-2)7-8;/h5-7,11H,3-4,12-13H2,1-2H3;1H. The number of aryl methyl sites for hydroxylation is 2. The van der Waals surface area contributed by atoms with E-state index in [0.29, 0.717) is 0 Å².